The minimum Gasteiger partial charge on any atom is -0.478 e. The number of carboxylic acids is 1. The van der Waals surface area contributed by atoms with Gasteiger partial charge in [-0.05, 0) is 52.9 Å². The second kappa shape index (κ2) is 5.83. The SMILES string of the molecule is CC1CCCC1NS(=O)(=O)c1cc(C(=O)O)ccc1Br. The van der Waals surface area contributed by atoms with Crippen LogP contribution in [0, 0.1) is 5.92 Å². The lowest BCUT2D eigenvalue weighted by Gasteiger charge is -2.18. The van der Waals surface area contributed by atoms with Crippen molar-refractivity contribution >= 4 is 31.9 Å². The van der Waals surface area contributed by atoms with Crippen LogP contribution in [-0.4, -0.2) is 25.5 Å². The van der Waals surface area contributed by atoms with Gasteiger partial charge in [0.15, 0.2) is 0 Å². The van der Waals surface area contributed by atoms with Gasteiger partial charge < -0.3 is 5.11 Å². The molecule has 0 aromatic heterocycles. The largest absolute Gasteiger partial charge is 0.478 e. The predicted octanol–water partition coefficient (Wildman–Crippen LogP) is 2.61. The van der Waals surface area contributed by atoms with Crippen molar-refractivity contribution in [1.82, 2.24) is 4.72 Å². The van der Waals surface area contributed by atoms with Gasteiger partial charge in [-0.2, -0.15) is 0 Å². The minimum absolute atomic E-state index is 0.0310. The summed E-state index contributed by atoms with van der Waals surface area (Å²) in [7, 11) is -3.72. The number of sulfonamides is 1. The molecule has 5 nitrogen and oxygen atoms in total. The summed E-state index contributed by atoms with van der Waals surface area (Å²) in [6.07, 6.45) is 2.82. The van der Waals surface area contributed by atoms with Gasteiger partial charge in [-0.15, -0.1) is 0 Å². The first kappa shape index (κ1) is 15.5. The van der Waals surface area contributed by atoms with Gasteiger partial charge in [0.2, 0.25) is 10.0 Å². The average Bonchev–Trinajstić information content (AvgIpc) is 2.74. The van der Waals surface area contributed by atoms with Gasteiger partial charge in [-0.25, -0.2) is 17.9 Å². The molecule has 20 heavy (non-hydrogen) atoms. The molecule has 2 atom stereocenters. The number of benzene rings is 1. The number of halogens is 1. The van der Waals surface area contributed by atoms with E-state index in [0.29, 0.717) is 10.4 Å². The molecule has 0 bridgehead atoms. The lowest BCUT2D eigenvalue weighted by atomic mass is 10.1. The molecular formula is C13H16BrNO4S. The number of rotatable bonds is 4. The van der Waals surface area contributed by atoms with Crippen molar-refractivity contribution in [3.63, 3.8) is 0 Å². The summed E-state index contributed by atoms with van der Waals surface area (Å²) in [4.78, 5) is 10.9. The maximum atomic E-state index is 12.4. The Morgan fingerprint density at radius 1 is 1.40 bits per heavy atom. The fourth-order valence-corrected chi connectivity index (χ4v) is 4.79. The van der Waals surface area contributed by atoms with Gasteiger partial charge in [0.05, 0.1) is 10.5 Å². The van der Waals surface area contributed by atoms with Crippen molar-refractivity contribution < 1.29 is 18.3 Å². The molecule has 0 radical (unpaired) electrons. The number of hydrogen-bond donors (Lipinski definition) is 2. The summed E-state index contributed by atoms with van der Waals surface area (Å²) in [5.41, 5.74) is -0.0481. The van der Waals surface area contributed by atoms with E-state index in [1.54, 1.807) is 0 Å². The standard InChI is InChI=1S/C13H16BrNO4S/c1-8-3-2-4-11(8)15-20(18,19)12-7-9(13(16)17)5-6-10(12)14/h5-8,11,15H,2-4H2,1H3,(H,16,17). The topological polar surface area (TPSA) is 83.5 Å². The summed E-state index contributed by atoms with van der Waals surface area (Å²) in [6, 6.07) is 3.90. The molecule has 1 aliphatic rings. The Morgan fingerprint density at radius 3 is 2.65 bits per heavy atom. The molecule has 2 unspecified atom stereocenters. The van der Waals surface area contributed by atoms with Gasteiger partial charge in [-0.3, -0.25) is 0 Å². The highest BCUT2D eigenvalue weighted by Crippen LogP contribution is 2.28. The van der Waals surface area contributed by atoms with Gasteiger partial charge >= 0.3 is 5.97 Å². The fraction of sp³-hybridized carbons (Fsp3) is 0.462. The molecule has 0 spiro atoms. The first-order chi connectivity index (χ1) is 9.31. The monoisotopic (exact) mass is 361 g/mol. The van der Waals surface area contributed by atoms with Crippen molar-refractivity contribution in [2.24, 2.45) is 5.92 Å². The molecule has 1 aromatic rings. The lowest BCUT2D eigenvalue weighted by Crippen LogP contribution is -2.36. The number of carboxylic acid groups (broad SMARTS) is 1. The quantitative estimate of drug-likeness (QED) is 0.863. The first-order valence-corrected chi connectivity index (χ1v) is 8.64. The van der Waals surface area contributed by atoms with E-state index >= 15 is 0 Å². The third-order valence-electron chi connectivity index (χ3n) is 3.64. The Bertz CT molecular complexity index is 629. The highest BCUT2D eigenvalue weighted by atomic mass is 79.9. The molecule has 1 aliphatic carbocycles. The maximum absolute atomic E-state index is 12.4. The van der Waals surface area contributed by atoms with E-state index in [2.05, 4.69) is 20.7 Å². The molecule has 110 valence electrons. The van der Waals surface area contributed by atoms with E-state index < -0.39 is 16.0 Å². The van der Waals surface area contributed by atoms with E-state index in [4.69, 9.17) is 5.11 Å². The minimum atomic E-state index is -3.72. The van der Waals surface area contributed by atoms with Crippen LogP contribution < -0.4 is 4.72 Å². The number of carbonyl (C=O) groups is 1. The number of aromatic carboxylic acids is 1. The van der Waals surface area contributed by atoms with E-state index in [1.807, 2.05) is 6.92 Å². The van der Waals surface area contributed by atoms with Crippen LogP contribution in [0.5, 0.6) is 0 Å². The average molecular weight is 362 g/mol. The second-order valence-corrected chi connectivity index (χ2v) is 7.62. The van der Waals surface area contributed by atoms with Gasteiger partial charge in [0, 0.05) is 10.5 Å². The highest BCUT2D eigenvalue weighted by Gasteiger charge is 2.29. The van der Waals surface area contributed by atoms with Crippen molar-refractivity contribution in [2.75, 3.05) is 0 Å². The summed E-state index contributed by atoms with van der Waals surface area (Å²) >= 11 is 3.17. The van der Waals surface area contributed by atoms with Crippen LogP contribution in [0.3, 0.4) is 0 Å². The molecule has 1 aromatic carbocycles. The zero-order valence-corrected chi connectivity index (χ0v) is 13.4. The van der Waals surface area contributed by atoms with Crippen LogP contribution in [-0.2, 0) is 10.0 Å². The van der Waals surface area contributed by atoms with Crippen LogP contribution in [0.2, 0.25) is 0 Å². The van der Waals surface area contributed by atoms with Crippen LogP contribution in [0.15, 0.2) is 27.6 Å². The molecule has 0 amide bonds. The fourth-order valence-electron chi connectivity index (χ4n) is 2.43. The van der Waals surface area contributed by atoms with Gasteiger partial charge in [0.25, 0.3) is 0 Å². The predicted molar refractivity (Wildman–Crippen MR) is 78.2 cm³/mol. The Morgan fingerprint density at radius 2 is 2.10 bits per heavy atom. The molecule has 0 heterocycles. The summed E-state index contributed by atoms with van der Waals surface area (Å²) in [6.45, 7) is 2.02. The Balaban J connectivity index is 2.33. The molecular weight excluding hydrogens is 346 g/mol. The number of hydrogen-bond acceptors (Lipinski definition) is 3. The molecule has 0 saturated heterocycles. The van der Waals surface area contributed by atoms with Crippen molar-refractivity contribution in [1.29, 1.82) is 0 Å². The molecule has 1 fully saturated rings. The normalized spacial score (nSPS) is 22.9. The zero-order valence-electron chi connectivity index (χ0n) is 11.0. The lowest BCUT2D eigenvalue weighted by molar-refractivity contribution is 0.0696. The maximum Gasteiger partial charge on any atom is 0.335 e. The Labute approximate surface area is 126 Å². The molecule has 2 N–H and O–H groups in total. The smallest absolute Gasteiger partial charge is 0.335 e. The van der Waals surface area contributed by atoms with Gasteiger partial charge in [0.1, 0.15) is 0 Å². The van der Waals surface area contributed by atoms with Gasteiger partial charge in [-0.1, -0.05) is 13.3 Å². The van der Waals surface area contributed by atoms with Crippen LogP contribution in [0.25, 0.3) is 0 Å². The Kier molecular flexibility index (Phi) is 4.51. The first-order valence-electron chi connectivity index (χ1n) is 6.36. The Hall–Kier alpha value is -0.920. The van der Waals surface area contributed by atoms with E-state index in [1.165, 1.54) is 18.2 Å². The molecule has 2 rings (SSSR count). The second-order valence-electron chi connectivity index (χ2n) is 5.09. The molecule has 0 aliphatic heterocycles. The summed E-state index contributed by atoms with van der Waals surface area (Å²) in [5.74, 6) is -0.852. The van der Waals surface area contributed by atoms with E-state index in [9.17, 15) is 13.2 Å². The molecule has 1 saturated carbocycles. The number of nitrogens with one attached hydrogen (secondary N) is 1. The summed E-state index contributed by atoms with van der Waals surface area (Å²) in [5, 5.41) is 8.96. The van der Waals surface area contributed by atoms with Crippen molar-refractivity contribution in [3.8, 4) is 0 Å². The molecule has 7 heteroatoms. The van der Waals surface area contributed by atoms with Crippen LogP contribution in [0.1, 0.15) is 36.5 Å². The third-order valence-corrected chi connectivity index (χ3v) is 6.12. The van der Waals surface area contributed by atoms with Crippen LogP contribution >= 0.6 is 15.9 Å². The highest BCUT2D eigenvalue weighted by molar-refractivity contribution is 9.10. The third kappa shape index (κ3) is 3.21. The van der Waals surface area contributed by atoms with Crippen molar-refractivity contribution in [2.45, 2.75) is 37.1 Å². The zero-order chi connectivity index (χ0) is 14.9. The van der Waals surface area contributed by atoms with E-state index in [0.717, 1.165) is 19.3 Å². The van der Waals surface area contributed by atoms with Crippen molar-refractivity contribution in [3.05, 3.63) is 28.2 Å². The summed E-state index contributed by atoms with van der Waals surface area (Å²) < 4.78 is 27.8. The van der Waals surface area contributed by atoms with E-state index in [-0.39, 0.29) is 16.5 Å². The van der Waals surface area contributed by atoms with Crippen LogP contribution in [0.4, 0.5) is 0 Å².